The van der Waals surface area contributed by atoms with Crippen molar-refractivity contribution < 1.29 is 5.11 Å². The van der Waals surface area contributed by atoms with Crippen LogP contribution in [0.4, 0.5) is 0 Å². The van der Waals surface area contributed by atoms with Crippen LogP contribution in [0.2, 0.25) is 0 Å². The maximum atomic E-state index is 8.92. The van der Waals surface area contributed by atoms with E-state index in [4.69, 9.17) is 5.11 Å². The van der Waals surface area contributed by atoms with Gasteiger partial charge in [-0.1, -0.05) is 19.9 Å². The van der Waals surface area contributed by atoms with Gasteiger partial charge in [-0.3, -0.25) is 0 Å². The highest BCUT2D eigenvalue weighted by Crippen LogP contribution is 2.33. The van der Waals surface area contributed by atoms with Crippen LogP contribution >= 0.6 is 0 Å². The summed E-state index contributed by atoms with van der Waals surface area (Å²) in [5, 5.41) is 8.92. The average Bonchev–Trinajstić information content (AvgIpc) is 2.30. The fourth-order valence-electron chi connectivity index (χ4n) is 1.86. The third kappa shape index (κ3) is 1.24. The maximum absolute atomic E-state index is 8.92. The zero-order valence-corrected chi connectivity index (χ0v) is 6.80. The Hall–Kier alpha value is -0.300. The lowest BCUT2D eigenvalue weighted by Gasteiger charge is -2.15. The predicted octanol–water partition coefficient (Wildman–Crippen LogP) is 1.97. The summed E-state index contributed by atoms with van der Waals surface area (Å²) in [7, 11) is 0. The topological polar surface area (TPSA) is 20.2 Å². The van der Waals surface area contributed by atoms with E-state index in [1.54, 1.807) is 0 Å². The van der Waals surface area contributed by atoms with Crippen LogP contribution in [0.5, 0.6) is 0 Å². The fourth-order valence-corrected chi connectivity index (χ4v) is 1.86. The molecule has 1 rings (SSSR count). The quantitative estimate of drug-likeness (QED) is 0.581. The zero-order valence-electron chi connectivity index (χ0n) is 6.80. The SMILES string of the molecule is CC[C@H]1C(CO)=CC[C@@H]1C. The van der Waals surface area contributed by atoms with E-state index in [1.165, 1.54) is 12.0 Å². The molecular formula is C9H16O. The van der Waals surface area contributed by atoms with Crippen molar-refractivity contribution in [3.8, 4) is 0 Å². The van der Waals surface area contributed by atoms with E-state index in [1.807, 2.05) is 0 Å². The molecule has 2 atom stereocenters. The van der Waals surface area contributed by atoms with Gasteiger partial charge in [0.1, 0.15) is 0 Å². The summed E-state index contributed by atoms with van der Waals surface area (Å²) in [6.07, 6.45) is 4.53. The van der Waals surface area contributed by atoms with Crippen molar-refractivity contribution in [1.29, 1.82) is 0 Å². The van der Waals surface area contributed by atoms with Gasteiger partial charge in [0, 0.05) is 0 Å². The molecule has 0 aromatic carbocycles. The Balaban J connectivity index is 2.57. The molecule has 0 fully saturated rings. The molecule has 0 radical (unpaired) electrons. The molecule has 1 aliphatic carbocycles. The van der Waals surface area contributed by atoms with E-state index < -0.39 is 0 Å². The van der Waals surface area contributed by atoms with Crippen LogP contribution < -0.4 is 0 Å². The molecule has 0 aromatic heterocycles. The minimum absolute atomic E-state index is 0.267. The van der Waals surface area contributed by atoms with Gasteiger partial charge in [-0.15, -0.1) is 0 Å². The van der Waals surface area contributed by atoms with E-state index in [9.17, 15) is 0 Å². The molecule has 0 aliphatic heterocycles. The summed E-state index contributed by atoms with van der Waals surface area (Å²) in [6, 6.07) is 0. The smallest absolute Gasteiger partial charge is 0.0644 e. The third-order valence-electron chi connectivity index (χ3n) is 2.54. The molecule has 0 heterocycles. The van der Waals surface area contributed by atoms with Crippen molar-refractivity contribution in [2.24, 2.45) is 11.8 Å². The molecule has 0 saturated carbocycles. The van der Waals surface area contributed by atoms with Crippen LogP contribution in [0.25, 0.3) is 0 Å². The lowest BCUT2D eigenvalue weighted by molar-refractivity contribution is 0.301. The van der Waals surface area contributed by atoms with E-state index >= 15 is 0 Å². The van der Waals surface area contributed by atoms with Crippen LogP contribution in [-0.2, 0) is 0 Å². The Morgan fingerprint density at radius 2 is 2.40 bits per heavy atom. The van der Waals surface area contributed by atoms with Gasteiger partial charge < -0.3 is 5.11 Å². The molecule has 0 bridgehead atoms. The molecule has 10 heavy (non-hydrogen) atoms. The van der Waals surface area contributed by atoms with Crippen LogP contribution in [0.15, 0.2) is 11.6 Å². The van der Waals surface area contributed by atoms with Gasteiger partial charge in [-0.25, -0.2) is 0 Å². The molecule has 0 unspecified atom stereocenters. The number of rotatable bonds is 2. The summed E-state index contributed by atoms with van der Waals surface area (Å²) in [5.41, 5.74) is 1.26. The maximum Gasteiger partial charge on any atom is 0.0644 e. The molecule has 1 heteroatoms. The Morgan fingerprint density at radius 1 is 1.70 bits per heavy atom. The first-order chi connectivity index (χ1) is 4.79. The highest BCUT2D eigenvalue weighted by molar-refractivity contribution is 5.14. The minimum atomic E-state index is 0.267. The van der Waals surface area contributed by atoms with E-state index in [2.05, 4.69) is 19.9 Å². The molecule has 1 N–H and O–H groups in total. The van der Waals surface area contributed by atoms with Gasteiger partial charge >= 0.3 is 0 Å². The number of aliphatic hydroxyl groups excluding tert-OH is 1. The van der Waals surface area contributed by atoms with Gasteiger partial charge in [0.25, 0.3) is 0 Å². The predicted molar refractivity (Wildman–Crippen MR) is 42.7 cm³/mol. The largest absolute Gasteiger partial charge is 0.392 e. The van der Waals surface area contributed by atoms with Gasteiger partial charge in [0.05, 0.1) is 6.61 Å². The van der Waals surface area contributed by atoms with Crippen molar-refractivity contribution >= 4 is 0 Å². The van der Waals surface area contributed by atoms with Crippen LogP contribution in [-0.4, -0.2) is 11.7 Å². The first-order valence-electron chi connectivity index (χ1n) is 4.09. The monoisotopic (exact) mass is 140 g/mol. The Morgan fingerprint density at radius 3 is 2.80 bits per heavy atom. The second kappa shape index (κ2) is 3.20. The Labute approximate surface area is 62.8 Å². The number of allylic oxidation sites excluding steroid dienone is 1. The molecule has 0 amide bonds. The van der Waals surface area contributed by atoms with Crippen LogP contribution in [0, 0.1) is 11.8 Å². The van der Waals surface area contributed by atoms with E-state index in [0.29, 0.717) is 5.92 Å². The lowest BCUT2D eigenvalue weighted by Crippen LogP contribution is -2.08. The van der Waals surface area contributed by atoms with Gasteiger partial charge in [-0.2, -0.15) is 0 Å². The normalized spacial score (nSPS) is 32.5. The zero-order chi connectivity index (χ0) is 7.56. The Kier molecular flexibility index (Phi) is 2.50. The molecular weight excluding hydrogens is 124 g/mol. The van der Waals surface area contributed by atoms with Crippen molar-refractivity contribution in [2.75, 3.05) is 6.61 Å². The lowest BCUT2D eigenvalue weighted by atomic mass is 9.91. The standard InChI is InChI=1S/C9H16O/c1-3-9-7(2)4-5-8(9)6-10/h5,7,9-10H,3-4,6H2,1-2H3/t7-,9+/m0/s1. The average molecular weight is 140 g/mol. The summed E-state index contributed by atoms with van der Waals surface area (Å²) in [5.74, 6) is 1.41. The summed E-state index contributed by atoms with van der Waals surface area (Å²) in [6.45, 7) is 4.71. The van der Waals surface area contributed by atoms with Crippen molar-refractivity contribution in [2.45, 2.75) is 26.7 Å². The van der Waals surface area contributed by atoms with E-state index in [0.717, 1.165) is 12.3 Å². The van der Waals surface area contributed by atoms with Gasteiger partial charge in [0.15, 0.2) is 0 Å². The molecule has 1 aliphatic rings. The van der Waals surface area contributed by atoms with Crippen LogP contribution in [0.1, 0.15) is 26.7 Å². The highest BCUT2D eigenvalue weighted by Gasteiger charge is 2.23. The molecule has 0 saturated heterocycles. The van der Waals surface area contributed by atoms with Crippen LogP contribution in [0.3, 0.4) is 0 Å². The summed E-state index contributed by atoms with van der Waals surface area (Å²) < 4.78 is 0. The van der Waals surface area contributed by atoms with E-state index in [-0.39, 0.29) is 6.61 Å². The highest BCUT2D eigenvalue weighted by atomic mass is 16.3. The van der Waals surface area contributed by atoms with Crippen molar-refractivity contribution in [1.82, 2.24) is 0 Å². The molecule has 0 aromatic rings. The van der Waals surface area contributed by atoms with Gasteiger partial charge in [0.2, 0.25) is 0 Å². The molecule has 1 nitrogen and oxygen atoms in total. The molecule has 0 spiro atoms. The fraction of sp³-hybridized carbons (Fsp3) is 0.778. The minimum Gasteiger partial charge on any atom is -0.392 e. The van der Waals surface area contributed by atoms with Crippen molar-refractivity contribution in [3.05, 3.63) is 11.6 Å². The Bertz CT molecular complexity index is 138. The summed E-state index contributed by atoms with van der Waals surface area (Å²) in [4.78, 5) is 0. The summed E-state index contributed by atoms with van der Waals surface area (Å²) >= 11 is 0. The second-order valence-corrected chi connectivity index (χ2v) is 3.16. The number of hydrogen-bond acceptors (Lipinski definition) is 1. The first kappa shape index (κ1) is 7.80. The van der Waals surface area contributed by atoms with Gasteiger partial charge in [-0.05, 0) is 30.3 Å². The third-order valence-corrected chi connectivity index (χ3v) is 2.54. The number of hydrogen-bond donors (Lipinski definition) is 1. The first-order valence-corrected chi connectivity index (χ1v) is 4.09. The number of aliphatic hydroxyl groups is 1. The van der Waals surface area contributed by atoms with Crippen molar-refractivity contribution in [3.63, 3.8) is 0 Å². The second-order valence-electron chi connectivity index (χ2n) is 3.16. The molecule has 58 valence electrons.